The molecule has 1 amide bonds. The third kappa shape index (κ3) is 4.71. The van der Waals surface area contributed by atoms with Gasteiger partial charge in [0.2, 0.25) is 0 Å². The van der Waals surface area contributed by atoms with E-state index in [2.05, 4.69) is 21.3 Å². The molecule has 6 nitrogen and oxygen atoms in total. The number of hydrogen-bond acceptors (Lipinski definition) is 5. The maximum atomic E-state index is 12.9. The number of furan rings is 1. The fourth-order valence-electron chi connectivity index (χ4n) is 4.19. The van der Waals surface area contributed by atoms with Crippen molar-refractivity contribution in [2.75, 3.05) is 40.3 Å². The Bertz CT molecular complexity index is 992. The van der Waals surface area contributed by atoms with Gasteiger partial charge in [0.25, 0.3) is 5.91 Å². The van der Waals surface area contributed by atoms with Crippen LogP contribution in [0.15, 0.2) is 53.3 Å². The minimum absolute atomic E-state index is 0.00972. The third-order valence-corrected chi connectivity index (χ3v) is 6.00. The van der Waals surface area contributed by atoms with Gasteiger partial charge in [-0.25, -0.2) is 0 Å². The summed E-state index contributed by atoms with van der Waals surface area (Å²) in [6.45, 7) is 4.93. The number of benzene rings is 1. The number of likely N-dealkylation sites (tertiary alicyclic amines) is 1. The quantitative estimate of drug-likeness (QED) is 0.651. The maximum absolute atomic E-state index is 12.9. The number of carbonyl (C=O) groups is 1. The molecule has 0 saturated carbocycles. The summed E-state index contributed by atoms with van der Waals surface area (Å²) in [5.41, 5.74) is 3.65. The lowest BCUT2D eigenvalue weighted by Gasteiger charge is -2.31. The van der Waals surface area contributed by atoms with Crippen LogP contribution in [0.1, 0.15) is 40.4 Å². The van der Waals surface area contributed by atoms with Crippen LogP contribution in [0.3, 0.4) is 0 Å². The Labute approximate surface area is 177 Å². The molecular weight excluding hydrogens is 376 g/mol. The molecule has 0 bridgehead atoms. The molecule has 0 spiro atoms. The Morgan fingerprint density at radius 1 is 1.23 bits per heavy atom. The molecule has 0 atom stereocenters. The van der Waals surface area contributed by atoms with Crippen LogP contribution in [0, 0.1) is 0 Å². The molecule has 3 heterocycles. The van der Waals surface area contributed by atoms with Gasteiger partial charge in [-0.1, -0.05) is 6.07 Å². The minimum atomic E-state index is -0.00972. The van der Waals surface area contributed by atoms with Crippen LogP contribution in [0.5, 0.6) is 0 Å². The second kappa shape index (κ2) is 9.41. The molecule has 0 unspecified atom stereocenters. The zero-order valence-corrected chi connectivity index (χ0v) is 17.8. The van der Waals surface area contributed by atoms with Gasteiger partial charge in [-0.05, 0) is 68.9 Å². The van der Waals surface area contributed by atoms with Crippen molar-refractivity contribution in [1.82, 2.24) is 20.1 Å². The van der Waals surface area contributed by atoms with E-state index in [4.69, 9.17) is 4.42 Å². The highest BCUT2D eigenvalue weighted by atomic mass is 16.3. The van der Waals surface area contributed by atoms with Crippen molar-refractivity contribution in [2.24, 2.45) is 0 Å². The molecule has 1 aliphatic rings. The van der Waals surface area contributed by atoms with Crippen LogP contribution in [0.4, 0.5) is 0 Å². The minimum Gasteiger partial charge on any atom is -0.464 e. The topological polar surface area (TPSA) is 61.6 Å². The first-order chi connectivity index (χ1) is 14.6. The molecule has 3 aromatic rings. The first-order valence-electron chi connectivity index (χ1n) is 10.7. The van der Waals surface area contributed by atoms with E-state index in [1.165, 1.54) is 0 Å². The molecule has 1 fully saturated rings. The fraction of sp³-hybridized carbons (Fsp3) is 0.417. The Morgan fingerprint density at radius 3 is 2.87 bits per heavy atom. The molecule has 6 heteroatoms. The monoisotopic (exact) mass is 406 g/mol. The number of piperidine rings is 1. The number of likely N-dealkylation sites (N-methyl/N-ethyl adjacent to an activating group) is 1. The summed E-state index contributed by atoms with van der Waals surface area (Å²) in [5.74, 6) is 0.489. The van der Waals surface area contributed by atoms with E-state index >= 15 is 0 Å². The zero-order valence-electron chi connectivity index (χ0n) is 17.8. The highest BCUT2D eigenvalue weighted by Gasteiger charge is 2.22. The number of rotatable bonds is 7. The summed E-state index contributed by atoms with van der Waals surface area (Å²) >= 11 is 0. The van der Waals surface area contributed by atoms with E-state index in [1.54, 1.807) is 11.2 Å². The smallest absolute Gasteiger partial charge is 0.254 e. The number of fused-ring (bicyclic) bond motifs is 1. The van der Waals surface area contributed by atoms with Crippen LogP contribution in [0.2, 0.25) is 0 Å². The molecule has 0 aliphatic carbocycles. The van der Waals surface area contributed by atoms with E-state index in [-0.39, 0.29) is 5.91 Å². The van der Waals surface area contributed by atoms with E-state index in [0.29, 0.717) is 18.0 Å². The third-order valence-electron chi connectivity index (χ3n) is 6.00. The van der Waals surface area contributed by atoms with E-state index in [9.17, 15) is 4.79 Å². The molecule has 1 saturated heterocycles. The first kappa shape index (κ1) is 20.6. The van der Waals surface area contributed by atoms with Gasteiger partial charge in [-0.15, -0.1) is 0 Å². The van der Waals surface area contributed by atoms with Crippen molar-refractivity contribution in [2.45, 2.75) is 25.3 Å². The molecule has 30 heavy (non-hydrogen) atoms. The van der Waals surface area contributed by atoms with Crippen molar-refractivity contribution in [1.29, 1.82) is 0 Å². The van der Waals surface area contributed by atoms with Crippen molar-refractivity contribution in [3.63, 3.8) is 0 Å². The lowest BCUT2D eigenvalue weighted by molar-refractivity contribution is 0.0785. The summed E-state index contributed by atoms with van der Waals surface area (Å²) in [4.78, 5) is 21.8. The van der Waals surface area contributed by atoms with Crippen LogP contribution in [-0.4, -0.2) is 61.0 Å². The number of aromatic nitrogens is 1. The Morgan fingerprint density at radius 2 is 2.07 bits per heavy atom. The lowest BCUT2D eigenvalue weighted by Crippen LogP contribution is -2.37. The van der Waals surface area contributed by atoms with Gasteiger partial charge < -0.3 is 19.5 Å². The molecule has 1 aromatic carbocycles. The summed E-state index contributed by atoms with van der Waals surface area (Å²) in [7, 11) is 3.84. The molecule has 1 aliphatic heterocycles. The number of nitrogens with one attached hydrogen (secondary N) is 1. The van der Waals surface area contributed by atoms with E-state index < -0.39 is 0 Å². The standard InChI is InChI=1S/C24H30N4O2/c1-25-10-13-28-11-6-19(7-12-28)22-15-18(5-9-26-22)17-27(2)24(29)21-4-3-20-8-14-30-23(20)16-21/h3-5,8-9,14-16,19,25H,6-7,10-13,17H2,1-2H3. The molecular formula is C24H30N4O2. The van der Waals surface area contributed by atoms with Crippen molar-refractivity contribution < 1.29 is 9.21 Å². The SMILES string of the molecule is CNCCN1CCC(c2cc(CN(C)C(=O)c3ccc4ccoc4c3)ccn2)CC1. The average molecular weight is 407 g/mol. The Balaban J connectivity index is 1.38. The number of hydrogen-bond donors (Lipinski definition) is 1. The molecule has 4 rings (SSSR count). The molecule has 0 radical (unpaired) electrons. The van der Waals surface area contributed by atoms with E-state index in [1.807, 2.05) is 50.6 Å². The van der Waals surface area contributed by atoms with Crippen molar-refractivity contribution in [3.8, 4) is 0 Å². The number of amides is 1. The van der Waals surface area contributed by atoms with Gasteiger partial charge in [0, 0.05) is 55.4 Å². The lowest BCUT2D eigenvalue weighted by atomic mass is 9.92. The van der Waals surface area contributed by atoms with E-state index in [0.717, 1.165) is 61.2 Å². The number of nitrogens with zero attached hydrogens (tertiary/aromatic N) is 3. The molecule has 1 N–H and O–H groups in total. The highest BCUT2D eigenvalue weighted by Crippen LogP contribution is 2.27. The maximum Gasteiger partial charge on any atom is 0.254 e. The summed E-state index contributed by atoms with van der Waals surface area (Å²) < 4.78 is 5.43. The Hall–Kier alpha value is -2.70. The van der Waals surface area contributed by atoms with Crippen LogP contribution in [0.25, 0.3) is 11.0 Å². The average Bonchev–Trinajstić information content (AvgIpc) is 3.25. The number of pyridine rings is 1. The summed E-state index contributed by atoms with van der Waals surface area (Å²) in [6.07, 6.45) is 5.80. The second-order valence-corrected chi connectivity index (χ2v) is 8.14. The van der Waals surface area contributed by atoms with Crippen molar-refractivity contribution >= 4 is 16.9 Å². The molecule has 158 valence electrons. The first-order valence-corrected chi connectivity index (χ1v) is 10.7. The van der Waals surface area contributed by atoms with Crippen LogP contribution < -0.4 is 5.32 Å². The highest BCUT2D eigenvalue weighted by molar-refractivity contribution is 5.97. The Kier molecular flexibility index (Phi) is 6.45. The van der Waals surface area contributed by atoms with Crippen LogP contribution >= 0.6 is 0 Å². The fourth-order valence-corrected chi connectivity index (χ4v) is 4.19. The largest absolute Gasteiger partial charge is 0.464 e. The predicted octanol–water partition coefficient (Wildman–Crippen LogP) is 3.50. The predicted molar refractivity (Wildman–Crippen MR) is 119 cm³/mol. The van der Waals surface area contributed by atoms with Gasteiger partial charge in [0.05, 0.1) is 6.26 Å². The zero-order chi connectivity index (χ0) is 20.9. The van der Waals surface area contributed by atoms with Gasteiger partial charge >= 0.3 is 0 Å². The number of carbonyl (C=O) groups excluding carboxylic acids is 1. The van der Waals surface area contributed by atoms with Crippen molar-refractivity contribution in [3.05, 3.63) is 65.7 Å². The van der Waals surface area contributed by atoms with Gasteiger partial charge in [-0.3, -0.25) is 9.78 Å². The van der Waals surface area contributed by atoms with Gasteiger partial charge in [0.1, 0.15) is 5.58 Å². The van der Waals surface area contributed by atoms with Crippen LogP contribution in [-0.2, 0) is 6.54 Å². The van der Waals surface area contributed by atoms with Gasteiger partial charge in [0.15, 0.2) is 0 Å². The molecule has 2 aromatic heterocycles. The van der Waals surface area contributed by atoms with Gasteiger partial charge in [-0.2, -0.15) is 0 Å². The second-order valence-electron chi connectivity index (χ2n) is 8.14. The summed E-state index contributed by atoms with van der Waals surface area (Å²) in [5, 5.41) is 4.22. The normalized spacial score (nSPS) is 15.5. The summed E-state index contributed by atoms with van der Waals surface area (Å²) in [6, 6.07) is 11.7.